The average molecular weight is 632 g/mol. The van der Waals surface area contributed by atoms with Gasteiger partial charge in [0.05, 0.1) is 24.2 Å². The number of carbonyl (C=O) groups is 1. The number of urea groups is 1. The molecule has 0 aromatic heterocycles. The molecule has 1 unspecified atom stereocenters. The molecule has 0 aliphatic carbocycles. The van der Waals surface area contributed by atoms with Crippen LogP contribution in [0.2, 0.25) is 0 Å². The smallest absolute Gasteiger partial charge is 0.321 e. The lowest BCUT2D eigenvalue weighted by atomic mass is 9.85. The summed E-state index contributed by atoms with van der Waals surface area (Å²) in [6.07, 6.45) is -0.171. The van der Waals surface area contributed by atoms with Gasteiger partial charge in [0.15, 0.2) is 0 Å². The zero-order chi connectivity index (χ0) is 32.9. The summed E-state index contributed by atoms with van der Waals surface area (Å²) in [6, 6.07) is 46.3. The van der Waals surface area contributed by atoms with Crippen LogP contribution in [0.5, 0.6) is 0 Å². The van der Waals surface area contributed by atoms with E-state index in [0.29, 0.717) is 19.4 Å². The predicted molar refractivity (Wildman–Crippen MR) is 191 cm³/mol. The van der Waals surface area contributed by atoms with Gasteiger partial charge in [0, 0.05) is 18.0 Å². The van der Waals surface area contributed by atoms with Crippen molar-refractivity contribution in [1.82, 2.24) is 9.80 Å². The van der Waals surface area contributed by atoms with E-state index in [9.17, 15) is 15.4 Å². The third-order valence-electron chi connectivity index (χ3n) is 9.50. The van der Waals surface area contributed by atoms with Crippen LogP contribution >= 0.6 is 0 Å². The second kappa shape index (κ2) is 14.0. The Labute approximate surface area is 280 Å². The van der Waals surface area contributed by atoms with Crippen LogP contribution in [0.25, 0.3) is 32.0 Å². The zero-order valence-corrected chi connectivity index (χ0v) is 26.6. The van der Waals surface area contributed by atoms with Crippen LogP contribution in [0.4, 0.5) is 4.79 Å². The molecule has 1 heterocycles. The lowest BCUT2D eigenvalue weighted by Crippen LogP contribution is -2.68. The number of aliphatic hydroxyl groups excluding tert-OH is 1. The van der Waals surface area contributed by atoms with E-state index < -0.39 is 24.2 Å². The molecule has 1 aliphatic heterocycles. The molecular weight excluding hydrogens is 594 g/mol. The number of carbonyl (C=O) groups excluding carboxylic acids is 1. The highest BCUT2D eigenvalue weighted by Crippen LogP contribution is 2.33. The molecule has 1 fully saturated rings. The Kier molecular flexibility index (Phi) is 9.05. The van der Waals surface area contributed by atoms with Crippen molar-refractivity contribution in [3.05, 3.63) is 178 Å². The number of aliphatic hydroxyl groups is 1. The maximum Gasteiger partial charge on any atom is 0.321 e. The minimum Gasteiger partial charge on any atom is -0.389 e. The first-order chi connectivity index (χ1) is 23.6. The summed E-state index contributed by atoms with van der Waals surface area (Å²) in [7, 11) is 0. The Balaban J connectivity index is 1.32. The average Bonchev–Trinajstić information content (AvgIpc) is 3.12. The van der Waals surface area contributed by atoms with E-state index >= 15 is 0 Å². The molecule has 1 saturated heterocycles. The SMILES string of the molecule is [N-]=[N+]=NC(Cc1ccccc1)[C@@H]1[C@@H](O)[C@@H](Cc2ccccc2)N(Cc2ccc3ccccc3c2)C(=O)N1Cc1ccc2ccccc2c1. The van der Waals surface area contributed by atoms with E-state index in [1.54, 1.807) is 4.90 Å². The number of azide groups is 1. The van der Waals surface area contributed by atoms with Crippen molar-refractivity contribution < 1.29 is 9.90 Å². The highest BCUT2D eigenvalue weighted by molar-refractivity contribution is 5.84. The first-order valence-corrected chi connectivity index (χ1v) is 16.4. The second-order valence-corrected chi connectivity index (χ2v) is 12.6. The molecule has 1 N–H and O–H groups in total. The van der Waals surface area contributed by atoms with E-state index in [4.69, 9.17) is 0 Å². The molecule has 0 bridgehead atoms. The normalized spacial score (nSPS) is 18.5. The van der Waals surface area contributed by atoms with E-state index in [2.05, 4.69) is 64.6 Å². The quantitative estimate of drug-likeness (QED) is 0.0931. The maximum atomic E-state index is 15.0. The van der Waals surface area contributed by atoms with E-state index in [-0.39, 0.29) is 12.6 Å². The molecule has 0 spiro atoms. The van der Waals surface area contributed by atoms with Gasteiger partial charge in [-0.1, -0.05) is 139 Å². The lowest BCUT2D eigenvalue weighted by Gasteiger charge is -2.51. The summed E-state index contributed by atoms with van der Waals surface area (Å²) in [5.74, 6) is 0. The largest absolute Gasteiger partial charge is 0.389 e. The standard InChI is InChI=1S/C41H37N5O2/c42-44-43-37(25-29-11-3-1-4-12-29)39-40(47)38(26-30-13-5-2-6-14-30)45(27-31-19-21-33-15-7-9-17-35(33)23-31)41(48)46(39)28-32-20-22-34-16-8-10-18-36(34)24-32/h1-24,37-40,47H,25-28H2/t37?,38-,39-,40+/m1/s1. The minimum absolute atomic E-state index is 0.196. The summed E-state index contributed by atoms with van der Waals surface area (Å²) in [6.45, 7) is 0.577. The van der Waals surface area contributed by atoms with Crippen molar-refractivity contribution in [3.8, 4) is 0 Å². The maximum absolute atomic E-state index is 15.0. The fourth-order valence-corrected chi connectivity index (χ4v) is 7.13. The topological polar surface area (TPSA) is 92.5 Å². The molecule has 238 valence electrons. The van der Waals surface area contributed by atoms with Crippen molar-refractivity contribution in [1.29, 1.82) is 0 Å². The van der Waals surface area contributed by atoms with Crippen molar-refractivity contribution >= 4 is 27.6 Å². The number of amides is 2. The highest BCUT2D eigenvalue weighted by atomic mass is 16.3. The molecule has 7 rings (SSSR count). The molecule has 6 aromatic carbocycles. The van der Waals surface area contributed by atoms with Gasteiger partial charge < -0.3 is 14.9 Å². The molecule has 0 saturated carbocycles. The number of hydrogen-bond acceptors (Lipinski definition) is 3. The Morgan fingerprint density at radius 2 is 1.12 bits per heavy atom. The van der Waals surface area contributed by atoms with Gasteiger partial charge in [-0.3, -0.25) is 0 Å². The zero-order valence-electron chi connectivity index (χ0n) is 26.6. The molecule has 48 heavy (non-hydrogen) atoms. The fourth-order valence-electron chi connectivity index (χ4n) is 7.13. The number of hydrogen-bond donors (Lipinski definition) is 1. The van der Waals surface area contributed by atoms with Crippen LogP contribution in [-0.4, -0.2) is 45.2 Å². The third kappa shape index (κ3) is 6.60. The van der Waals surface area contributed by atoms with Crippen molar-refractivity contribution in [3.63, 3.8) is 0 Å². The van der Waals surface area contributed by atoms with Gasteiger partial charge >= 0.3 is 6.03 Å². The predicted octanol–water partition coefficient (Wildman–Crippen LogP) is 8.69. The molecule has 1 aliphatic rings. The molecule has 4 atom stereocenters. The molecule has 7 nitrogen and oxygen atoms in total. The number of rotatable bonds is 10. The summed E-state index contributed by atoms with van der Waals surface area (Å²) < 4.78 is 0. The van der Waals surface area contributed by atoms with Gasteiger partial charge in [-0.15, -0.1) is 0 Å². The van der Waals surface area contributed by atoms with E-state index in [1.165, 1.54) is 0 Å². The van der Waals surface area contributed by atoms with Gasteiger partial charge in [-0.25, -0.2) is 4.79 Å². The lowest BCUT2D eigenvalue weighted by molar-refractivity contribution is -0.0505. The van der Waals surface area contributed by atoms with E-state index in [1.807, 2.05) is 95.9 Å². The first kappa shape index (κ1) is 31.0. The van der Waals surface area contributed by atoms with Crippen LogP contribution in [0.3, 0.4) is 0 Å². The highest BCUT2D eigenvalue weighted by Gasteiger charge is 2.48. The summed E-state index contributed by atoms with van der Waals surface area (Å²) in [5, 5.41) is 21.2. The monoisotopic (exact) mass is 631 g/mol. The van der Waals surface area contributed by atoms with Crippen molar-refractivity contribution in [2.45, 2.75) is 50.2 Å². The molecule has 2 amide bonds. The Bertz CT molecular complexity index is 2080. The molecule has 6 aromatic rings. The third-order valence-corrected chi connectivity index (χ3v) is 9.50. The number of benzene rings is 6. The molecular formula is C41H37N5O2. The number of fused-ring (bicyclic) bond motifs is 2. The van der Waals surface area contributed by atoms with Crippen LogP contribution < -0.4 is 0 Å². The van der Waals surface area contributed by atoms with Crippen molar-refractivity contribution in [2.75, 3.05) is 0 Å². The summed E-state index contributed by atoms with van der Waals surface area (Å²) in [4.78, 5) is 21.8. The Morgan fingerprint density at radius 1 is 0.625 bits per heavy atom. The van der Waals surface area contributed by atoms with Crippen LogP contribution in [-0.2, 0) is 25.9 Å². The van der Waals surface area contributed by atoms with Crippen LogP contribution in [0.15, 0.2) is 151 Å². The van der Waals surface area contributed by atoms with Gasteiger partial charge in [0.1, 0.15) is 0 Å². The molecule has 0 radical (unpaired) electrons. The minimum atomic E-state index is -1.01. The Morgan fingerprint density at radius 3 is 1.69 bits per heavy atom. The summed E-state index contributed by atoms with van der Waals surface area (Å²) >= 11 is 0. The molecule has 7 heteroatoms. The first-order valence-electron chi connectivity index (χ1n) is 16.4. The van der Waals surface area contributed by atoms with Gasteiger partial charge in [-0.2, -0.15) is 0 Å². The van der Waals surface area contributed by atoms with Gasteiger partial charge in [-0.05, 0) is 74.3 Å². The summed E-state index contributed by atoms with van der Waals surface area (Å²) in [5.41, 5.74) is 13.7. The van der Waals surface area contributed by atoms with Crippen LogP contribution in [0, 0.1) is 0 Å². The number of nitrogens with zero attached hydrogens (tertiary/aromatic N) is 5. The fraction of sp³-hybridized carbons (Fsp3) is 0.195. The van der Waals surface area contributed by atoms with Gasteiger partial charge in [0.2, 0.25) is 0 Å². The van der Waals surface area contributed by atoms with Crippen LogP contribution in [0.1, 0.15) is 22.3 Å². The van der Waals surface area contributed by atoms with E-state index in [0.717, 1.165) is 43.8 Å². The Hall–Kier alpha value is -5.62. The van der Waals surface area contributed by atoms with Crippen molar-refractivity contribution in [2.24, 2.45) is 5.11 Å². The second-order valence-electron chi connectivity index (χ2n) is 12.6. The van der Waals surface area contributed by atoms with Gasteiger partial charge in [0.25, 0.3) is 0 Å².